The summed E-state index contributed by atoms with van der Waals surface area (Å²) in [7, 11) is 4.00. The minimum atomic E-state index is -0.498. The zero-order chi connectivity index (χ0) is 13.5. The average Bonchev–Trinajstić information content (AvgIpc) is 2.34. The predicted octanol–water partition coefficient (Wildman–Crippen LogP) is 1.95. The molecule has 1 aromatic carbocycles. The first-order valence-corrected chi connectivity index (χ1v) is 6.30. The van der Waals surface area contributed by atoms with Crippen molar-refractivity contribution >= 4 is 11.4 Å². The molecule has 0 fully saturated rings. The molecule has 0 bridgehead atoms. The van der Waals surface area contributed by atoms with Crippen LogP contribution in [0.3, 0.4) is 0 Å². The van der Waals surface area contributed by atoms with E-state index < -0.39 is 6.10 Å². The van der Waals surface area contributed by atoms with E-state index in [4.69, 9.17) is 4.74 Å². The van der Waals surface area contributed by atoms with Gasteiger partial charge in [-0.15, -0.1) is 0 Å². The van der Waals surface area contributed by atoms with Crippen LogP contribution in [0.2, 0.25) is 0 Å². The van der Waals surface area contributed by atoms with E-state index in [1.807, 2.05) is 57.1 Å². The molecule has 102 valence electrons. The summed E-state index contributed by atoms with van der Waals surface area (Å²) >= 11 is 0. The summed E-state index contributed by atoms with van der Waals surface area (Å²) in [6.45, 7) is 4.76. The van der Waals surface area contributed by atoms with Crippen molar-refractivity contribution in [2.24, 2.45) is 0 Å². The molecule has 2 N–H and O–H groups in total. The van der Waals surface area contributed by atoms with Gasteiger partial charge in [0.15, 0.2) is 0 Å². The summed E-state index contributed by atoms with van der Waals surface area (Å²) in [5.74, 6) is 0. The number of para-hydroxylation sites is 2. The minimum absolute atomic E-state index is 0.147. The Morgan fingerprint density at radius 3 is 2.56 bits per heavy atom. The lowest BCUT2D eigenvalue weighted by Gasteiger charge is -2.20. The van der Waals surface area contributed by atoms with Crippen LogP contribution in [-0.4, -0.2) is 44.6 Å². The smallest absolute Gasteiger partial charge is 0.0945 e. The van der Waals surface area contributed by atoms with Gasteiger partial charge in [0.25, 0.3) is 0 Å². The zero-order valence-electron chi connectivity index (χ0n) is 11.7. The van der Waals surface area contributed by atoms with Crippen molar-refractivity contribution in [3.8, 4) is 0 Å². The van der Waals surface area contributed by atoms with E-state index in [-0.39, 0.29) is 6.10 Å². The Hall–Kier alpha value is -1.26. The average molecular weight is 252 g/mol. The van der Waals surface area contributed by atoms with Gasteiger partial charge in [0.2, 0.25) is 0 Å². The van der Waals surface area contributed by atoms with Crippen LogP contribution in [-0.2, 0) is 4.74 Å². The van der Waals surface area contributed by atoms with Crippen molar-refractivity contribution in [2.75, 3.05) is 37.5 Å². The lowest BCUT2D eigenvalue weighted by atomic mass is 10.2. The molecule has 1 aromatic rings. The van der Waals surface area contributed by atoms with Gasteiger partial charge >= 0.3 is 0 Å². The fraction of sp³-hybridized carbons (Fsp3) is 0.571. The van der Waals surface area contributed by atoms with Crippen LogP contribution in [0.5, 0.6) is 0 Å². The summed E-state index contributed by atoms with van der Waals surface area (Å²) in [4.78, 5) is 2.04. The number of aliphatic hydroxyl groups is 1. The number of ether oxygens (including phenoxy) is 1. The van der Waals surface area contributed by atoms with Gasteiger partial charge in [-0.25, -0.2) is 0 Å². The molecule has 1 atom stereocenters. The van der Waals surface area contributed by atoms with Crippen molar-refractivity contribution in [3.05, 3.63) is 24.3 Å². The zero-order valence-corrected chi connectivity index (χ0v) is 11.7. The van der Waals surface area contributed by atoms with Gasteiger partial charge in [0, 0.05) is 20.6 Å². The molecule has 1 unspecified atom stereocenters. The van der Waals surface area contributed by atoms with Crippen molar-refractivity contribution < 1.29 is 9.84 Å². The third kappa shape index (κ3) is 4.94. The summed E-state index contributed by atoms with van der Waals surface area (Å²) in [6.07, 6.45) is -0.351. The SMILES string of the molecule is CC(C)OCC(O)CNc1ccccc1N(C)C. The highest BCUT2D eigenvalue weighted by Gasteiger charge is 2.08. The molecule has 0 aliphatic rings. The van der Waals surface area contributed by atoms with Crippen LogP contribution in [0.4, 0.5) is 11.4 Å². The molecule has 0 aliphatic carbocycles. The van der Waals surface area contributed by atoms with E-state index in [9.17, 15) is 5.11 Å². The second kappa shape index (κ2) is 7.24. The number of hydrogen-bond donors (Lipinski definition) is 2. The first-order chi connectivity index (χ1) is 8.50. The van der Waals surface area contributed by atoms with Crippen LogP contribution < -0.4 is 10.2 Å². The third-order valence-electron chi connectivity index (χ3n) is 2.54. The second-order valence-electron chi connectivity index (χ2n) is 4.83. The molecule has 0 saturated heterocycles. The van der Waals surface area contributed by atoms with E-state index in [0.29, 0.717) is 13.2 Å². The molecule has 0 aliphatic heterocycles. The fourth-order valence-electron chi connectivity index (χ4n) is 1.60. The van der Waals surface area contributed by atoms with E-state index >= 15 is 0 Å². The Balaban J connectivity index is 2.48. The maximum absolute atomic E-state index is 9.79. The van der Waals surface area contributed by atoms with Crippen molar-refractivity contribution in [1.29, 1.82) is 0 Å². The number of rotatable bonds is 7. The Labute approximate surface area is 110 Å². The van der Waals surface area contributed by atoms with Crippen molar-refractivity contribution in [1.82, 2.24) is 0 Å². The Kier molecular flexibility index (Phi) is 5.95. The van der Waals surface area contributed by atoms with Gasteiger partial charge in [0.05, 0.1) is 30.2 Å². The molecular formula is C14H24N2O2. The molecule has 0 saturated carbocycles. The lowest BCUT2D eigenvalue weighted by molar-refractivity contribution is 0.0112. The van der Waals surface area contributed by atoms with E-state index in [0.717, 1.165) is 11.4 Å². The Bertz CT molecular complexity index is 353. The number of nitrogens with zero attached hydrogens (tertiary/aromatic N) is 1. The highest BCUT2D eigenvalue weighted by atomic mass is 16.5. The van der Waals surface area contributed by atoms with Crippen LogP contribution in [0.15, 0.2) is 24.3 Å². The van der Waals surface area contributed by atoms with Crippen LogP contribution in [0, 0.1) is 0 Å². The highest BCUT2D eigenvalue weighted by molar-refractivity contribution is 5.69. The largest absolute Gasteiger partial charge is 0.389 e. The van der Waals surface area contributed by atoms with Crippen LogP contribution in [0.1, 0.15) is 13.8 Å². The predicted molar refractivity (Wildman–Crippen MR) is 76.4 cm³/mol. The molecule has 1 rings (SSSR count). The molecule has 4 nitrogen and oxygen atoms in total. The standard InChI is InChI=1S/C14H24N2O2/c1-11(2)18-10-12(17)9-15-13-7-5-6-8-14(13)16(3)4/h5-8,11-12,15,17H,9-10H2,1-4H3. The molecule has 18 heavy (non-hydrogen) atoms. The van der Waals surface area contributed by atoms with Crippen LogP contribution in [0.25, 0.3) is 0 Å². The monoisotopic (exact) mass is 252 g/mol. The second-order valence-corrected chi connectivity index (χ2v) is 4.83. The van der Waals surface area contributed by atoms with Gasteiger partial charge in [-0.2, -0.15) is 0 Å². The molecule has 0 spiro atoms. The highest BCUT2D eigenvalue weighted by Crippen LogP contribution is 2.23. The Morgan fingerprint density at radius 1 is 1.28 bits per heavy atom. The van der Waals surface area contributed by atoms with Gasteiger partial charge in [-0.05, 0) is 26.0 Å². The summed E-state index contributed by atoms with van der Waals surface area (Å²) in [6, 6.07) is 8.02. The first-order valence-electron chi connectivity index (χ1n) is 6.30. The lowest BCUT2D eigenvalue weighted by Crippen LogP contribution is -2.27. The van der Waals surface area contributed by atoms with Crippen molar-refractivity contribution in [2.45, 2.75) is 26.1 Å². The molecule has 0 heterocycles. The van der Waals surface area contributed by atoms with Crippen molar-refractivity contribution in [3.63, 3.8) is 0 Å². The molecule has 4 heteroatoms. The van der Waals surface area contributed by atoms with Gasteiger partial charge in [-0.3, -0.25) is 0 Å². The quantitative estimate of drug-likeness (QED) is 0.778. The maximum atomic E-state index is 9.79. The first kappa shape index (κ1) is 14.8. The molecule has 0 aromatic heterocycles. The molecule has 0 amide bonds. The normalized spacial score (nSPS) is 12.6. The van der Waals surface area contributed by atoms with Crippen LogP contribution >= 0.6 is 0 Å². The topological polar surface area (TPSA) is 44.7 Å². The third-order valence-corrected chi connectivity index (χ3v) is 2.54. The molecule has 0 radical (unpaired) electrons. The van der Waals surface area contributed by atoms with Gasteiger partial charge in [-0.1, -0.05) is 12.1 Å². The molecular weight excluding hydrogens is 228 g/mol. The van der Waals surface area contributed by atoms with E-state index in [2.05, 4.69) is 5.32 Å². The Morgan fingerprint density at radius 2 is 1.94 bits per heavy atom. The van der Waals surface area contributed by atoms with E-state index in [1.165, 1.54) is 0 Å². The minimum Gasteiger partial charge on any atom is -0.389 e. The fourth-order valence-corrected chi connectivity index (χ4v) is 1.60. The number of anilines is 2. The number of aliphatic hydroxyl groups excluding tert-OH is 1. The number of nitrogens with one attached hydrogen (secondary N) is 1. The summed E-state index contributed by atoms with van der Waals surface area (Å²) < 4.78 is 5.37. The summed E-state index contributed by atoms with van der Waals surface area (Å²) in [5.41, 5.74) is 2.13. The number of benzene rings is 1. The number of hydrogen-bond acceptors (Lipinski definition) is 4. The van der Waals surface area contributed by atoms with Gasteiger partial charge < -0.3 is 20.1 Å². The van der Waals surface area contributed by atoms with Gasteiger partial charge in [0.1, 0.15) is 0 Å². The van der Waals surface area contributed by atoms with E-state index in [1.54, 1.807) is 0 Å². The maximum Gasteiger partial charge on any atom is 0.0945 e. The summed E-state index contributed by atoms with van der Waals surface area (Å²) in [5, 5.41) is 13.0.